The van der Waals surface area contributed by atoms with Gasteiger partial charge in [0.25, 0.3) is 0 Å². The van der Waals surface area contributed by atoms with Gasteiger partial charge in [-0.2, -0.15) is 5.21 Å². The number of aromatic nitrogens is 7. The Hall–Kier alpha value is -4.54. The van der Waals surface area contributed by atoms with Crippen LogP contribution in [0.4, 0.5) is 0 Å². The molecule has 0 spiro atoms. The first-order chi connectivity index (χ1) is 20.7. The largest absolute Gasteiger partial charge is 0.493 e. The maximum Gasteiger partial charge on any atom is 0.205 e. The molecular formula is C32H31N7O2S. The fourth-order valence-electron chi connectivity index (χ4n) is 4.86. The van der Waals surface area contributed by atoms with Crippen LogP contribution in [-0.4, -0.2) is 55.5 Å². The number of hydrogen-bond acceptors (Lipinski definition) is 8. The number of benzene rings is 3. The van der Waals surface area contributed by atoms with Gasteiger partial charge < -0.3 is 14.0 Å². The van der Waals surface area contributed by atoms with E-state index in [9.17, 15) is 0 Å². The topological polar surface area (TPSA) is 104 Å². The Morgan fingerprint density at radius 3 is 2.52 bits per heavy atom. The van der Waals surface area contributed by atoms with Crippen LogP contribution < -0.4 is 4.74 Å². The zero-order valence-corrected chi connectivity index (χ0v) is 24.3. The van der Waals surface area contributed by atoms with Gasteiger partial charge in [0.15, 0.2) is 5.16 Å². The van der Waals surface area contributed by atoms with Crippen LogP contribution in [0.2, 0.25) is 0 Å². The summed E-state index contributed by atoms with van der Waals surface area (Å²) in [6, 6.07) is 26.9. The lowest BCUT2D eigenvalue weighted by Crippen LogP contribution is -2.08. The van der Waals surface area contributed by atoms with E-state index in [0.29, 0.717) is 25.6 Å². The van der Waals surface area contributed by atoms with Gasteiger partial charge in [-0.05, 0) is 47.0 Å². The van der Waals surface area contributed by atoms with Crippen LogP contribution in [0.5, 0.6) is 5.75 Å². The minimum atomic E-state index is 0.581. The molecule has 6 rings (SSSR count). The Labute approximate surface area is 248 Å². The molecule has 3 heterocycles. The molecule has 9 nitrogen and oxygen atoms in total. The van der Waals surface area contributed by atoms with E-state index in [1.807, 2.05) is 36.5 Å². The molecule has 10 heteroatoms. The van der Waals surface area contributed by atoms with E-state index in [2.05, 4.69) is 80.6 Å². The number of methoxy groups -OCH3 is 1. The number of aromatic amines is 1. The van der Waals surface area contributed by atoms with Crippen LogP contribution in [0.1, 0.15) is 23.2 Å². The highest BCUT2D eigenvalue weighted by molar-refractivity contribution is 7.98. The van der Waals surface area contributed by atoms with Crippen LogP contribution in [0, 0.1) is 6.92 Å². The lowest BCUT2D eigenvalue weighted by molar-refractivity contribution is 0.172. The van der Waals surface area contributed by atoms with E-state index >= 15 is 0 Å². The van der Waals surface area contributed by atoms with E-state index in [1.165, 1.54) is 5.56 Å². The van der Waals surface area contributed by atoms with Crippen molar-refractivity contribution in [3.05, 3.63) is 102 Å². The van der Waals surface area contributed by atoms with Crippen LogP contribution in [-0.2, 0) is 17.0 Å². The molecule has 1 N–H and O–H groups in total. The average Bonchev–Trinajstić information content (AvgIpc) is 3.69. The third-order valence-corrected chi connectivity index (χ3v) is 8.13. The van der Waals surface area contributed by atoms with Crippen LogP contribution >= 0.6 is 11.8 Å². The van der Waals surface area contributed by atoms with Crippen LogP contribution in [0.3, 0.4) is 0 Å². The maximum atomic E-state index is 6.03. The first kappa shape index (κ1) is 27.6. The Bertz CT molecular complexity index is 1770. The van der Waals surface area contributed by atoms with E-state index in [-0.39, 0.29) is 0 Å². The van der Waals surface area contributed by atoms with Crippen LogP contribution in [0.25, 0.3) is 33.5 Å². The molecule has 0 aliphatic carbocycles. The van der Waals surface area contributed by atoms with Gasteiger partial charge in [0.2, 0.25) is 5.82 Å². The molecule has 0 saturated carbocycles. The summed E-state index contributed by atoms with van der Waals surface area (Å²) in [6.07, 6.45) is 2.66. The van der Waals surface area contributed by atoms with Gasteiger partial charge in [-0.25, -0.2) is 4.98 Å². The number of rotatable bonds is 12. The second-order valence-electron chi connectivity index (χ2n) is 9.81. The number of nitrogens with one attached hydrogen (secondary N) is 1. The molecule has 0 aliphatic rings. The smallest absolute Gasteiger partial charge is 0.205 e. The monoisotopic (exact) mass is 577 g/mol. The first-order valence-corrected chi connectivity index (χ1v) is 14.8. The van der Waals surface area contributed by atoms with Gasteiger partial charge >= 0.3 is 0 Å². The molecule has 0 amide bonds. The number of hydrogen-bond donors (Lipinski definition) is 1. The van der Waals surface area contributed by atoms with Crippen molar-refractivity contribution in [3.63, 3.8) is 0 Å². The summed E-state index contributed by atoms with van der Waals surface area (Å²) in [5.41, 5.74) is 8.37. The SMILES string of the molecule is COCCCOc1ccnc(Cn2c(SCc3ccc(-c4ccccc4-c4nn[nH]n4)cc3)nc3ccccc32)c1C. The fraction of sp³-hybridized carbons (Fsp3) is 0.219. The number of tetrazole rings is 1. The highest BCUT2D eigenvalue weighted by Crippen LogP contribution is 2.32. The number of imidazole rings is 1. The zero-order valence-electron chi connectivity index (χ0n) is 23.5. The van der Waals surface area contributed by atoms with Crippen molar-refractivity contribution in [2.24, 2.45) is 0 Å². The van der Waals surface area contributed by atoms with Crippen LogP contribution in [0.15, 0.2) is 90.2 Å². The molecule has 0 saturated heterocycles. The standard InChI is InChI=1S/C32H31N7O2S/c1-22-28(33-17-16-30(22)41-19-7-18-40-2)20-39-29-11-6-5-10-27(29)34-32(39)42-21-23-12-14-24(15-13-23)25-8-3-4-9-26(25)31-35-37-38-36-31/h3-6,8-17H,7,18-21H2,1-2H3,(H,35,36,37,38). The van der Waals surface area contributed by atoms with E-state index in [1.54, 1.807) is 18.9 Å². The lowest BCUT2D eigenvalue weighted by Gasteiger charge is -2.14. The summed E-state index contributed by atoms with van der Waals surface area (Å²) in [6.45, 7) is 3.96. The molecule has 6 aromatic rings. The third-order valence-electron chi connectivity index (χ3n) is 7.08. The van der Waals surface area contributed by atoms with Gasteiger partial charge in [0.1, 0.15) is 5.75 Å². The van der Waals surface area contributed by atoms with Gasteiger partial charge in [-0.15, -0.1) is 10.2 Å². The first-order valence-electron chi connectivity index (χ1n) is 13.8. The predicted octanol–water partition coefficient (Wildman–Crippen LogP) is 6.34. The minimum absolute atomic E-state index is 0.581. The van der Waals surface area contributed by atoms with Crippen molar-refractivity contribution in [1.29, 1.82) is 0 Å². The van der Waals surface area contributed by atoms with Gasteiger partial charge in [0.05, 0.1) is 29.9 Å². The Morgan fingerprint density at radius 2 is 1.71 bits per heavy atom. The highest BCUT2D eigenvalue weighted by Gasteiger charge is 2.16. The van der Waals surface area contributed by atoms with E-state index < -0.39 is 0 Å². The molecule has 3 aromatic heterocycles. The molecule has 42 heavy (non-hydrogen) atoms. The Kier molecular flexibility index (Phi) is 8.53. The Balaban J connectivity index is 1.21. The molecule has 0 aliphatic heterocycles. The van der Waals surface area contributed by atoms with Crippen molar-refractivity contribution in [2.45, 2.75) is 30.8 Å². The molecule has 3 aromatic carbocycles. The molecule has 0 fully saturated rings. The van der Waals surface area contributed by atoms with Crippen molar-refractivity contribution in [2.75, 3.05) is 20.3 Å². The number of fused-ring (bicyclic) bond motifs is 1. The van der Waals surface area contributed by atoms with E-state index in [0.717, 1.165) is 62.1 Å². The fourth-order valence-corrected chi connectivity index (χ4v) is 5.83. The summed E-state index contributed by atoms with van der Waals surface area (Å²) in [5, 5.41) is 15.5. The molecule has 212 valence electrons. The quantitative estimate of drug-likeness (QED) is 0.133. The number of pyridine rings is 1. The number of para-hydroxylation sites is 2. The summed E-state index contributed by atoms with van der Waals surface area (Å²) >= 11 is 1.72. The predicted molar refractivity (Wildman–Crippen MR) is 164 cm³/mol. The average molecular weight is 578 g/mol. The molecule has 0 atom stereocenters. The number of H-pyrrole nitrogens is 1. The maximum absolute atomic E-state index is 6.03. The summed E-state index contributed by atoms with van der Waals surface area (Å²) < 4.78 is 13.4. The zero-order chi connectivity index (χ0) is 28.7. The van der Waals surface area contributed by atoms with Gasteiger partial charge in [-0.1, -0.05) is 72.4 Å². The lowest BCUT2D eigenvalue weighted by atomic mass is 9.98. The van der Waals surface area contributed by atoms with Gasteiger partial charge in [0, 0.05) is 43.2 Å². The summed E-state index contributed by atoms with van der Waals surface area (Å²) in [7, 11) is 1.70. The molecule has 0 unspecified atom stereocenters. The number of nitrogens with zero attached hydrogens (tertiary/aromatic N) is 6. The normalized spacial score (nSPS) is 11.3. The highest BCUT2D eigenvalue weighted by atomic mass is 32.2. The van der Waals surface area contributed by atoms with Crippen molar-refractivity contribution < 1.29 is 9.47 Å². The summed E-state index contributed by atoms with van der Waals surface area (Å²) in [4.78, 5) is 9.69. The van der Waals surface area contributed by atoms with Crippen molar-refractivity contribution in [3.8, 4) is 28.3 Å². The third kappa shape index (κ3) is 6.05. The van der Waals surface area contributed by atoms with Crippen molar-refractivity contribution >= 4 is 22.8 Å². The second kappa shape index (κ2) is 13.0. The second-order valence-corrected chi connectivity index (χ2v) is 10.8. The van der Waals surface area contributed by atoms with Gasteiger partial charge in [-0.3, -0.25) is 4.98 Å². The molecule has 0 bridgehead atoms. The summed E-state index contributed by atoms with van der Waals surface area (Å²) in [5.74, 6) is 2.22. The Morgan fingerprint density at radius 1 is 0.905 bits per heavy atom. The number of thioether (sulfide) groups is 1. The minimum Gasteiger partial charge on any atom is -0.493 e. The van der Waals surface area contributed by atoms with Crippen molar-refractivity contribution in [1.82, 2.24) is 35.2 Å². The molecular weight excluding hydrogens is 546 g/mol. The number of ether oxygens (including phenoxy) is 2. The molecule has 0 radical (unpaired) electrons. The van der Waals surface area contributed by atoms with E-state index in [4.69, 9.17) is 19.4 Å².